The van der Waals surface area contributed by atoms with Crippen LogP contribution in [0.2, 0.25) is 0 Å². The van der Waals surface area contributed by atoms with Gasteiger partial charge in [0.25, 0.3) is 5.76 Å². The molecular weight excluding hydrogens is 284 g/mol. The molecule has 1 heterocycles. The zero-order valence-electron chi connectivity index (χ0n) is 11.4. The highest BCUT2D eigenvalue weighted by Gasteiger charge is 2.20. The van der Waals surface area contributed by atoms with Gasteiger partial charge < -0.3 is 14.8 Å². The molecule has 114 valence electrons. The van der Waals surface area contributed by atoms with E-state index in [9.17, 15) is 8.78 Å². The van der Waals surface area contributed by atoms with Gasteiger partial charge in [-0.1, -0.05) is 11.8 Å². The molecule has 0 aromatic carbocycles. The first kappa shape index (κ1) is 15.8. The average molecular weight is 305 g/mol. The van der Waals surface area contributed by atoms with E-state index in [0.717, 1.165) is 31.4 Å². The average Bonchev–Trinajstić information content (AvgIpc) is 2.91. The first-order chi connectivity index (χ1) is 9.67. The largest absolute Gasteiger partial charge is 0.464 e. The second-order valence-electron chi connectivity index (χ2n) is 5.22. The molecule has 0 spiro atoms. The number of furan rings is 1. The van der Waals surface area contributed by atoms with Gasteiger partial charge in [-0.3, -0.25) is 0 Å². The maximum Gasteiger partial charge on any atom is 0.284 e. The molecule has 0 atom stereocenters. The molecule has 3 nitrogen and oxygen atoms in total. The van der Waals surface area contributed by atoms with Gasteiger partial charge in [-0.15, -0.1) is 0 Å². The van der Waals surface area contributed by atoms with E-state index in [1.165, 1.54) is 0 Å². The topological polar surface area (TPSA) is 45.4 Å². The Morgan fingerprint density at radius 3 is 2.60 bits per heavy atom. The highest BCUT2D eigenvalue weighted by Crippen LogP contribution is 2.24. The van der Waals surface area contributed by atoms with Crippen LogP contribution in [0, 0.1) is 5.92 Å². The predicted molar refractivity (Wildman–Crippen MR) is 75.7 cm³/mol. The van der Waals surface area contributed by atoms with E-state index >= 15 is 0 Å². The van der Waals surface area contributed by atoms with Crippen LogP contribution in [0.1, 0.15) is 37.2 Å². The maximum atomic E-state index is 12.1. The molecule has 2 rings (SSSR count). The lowest BCUT2D eigenvalue weighted by Crippen LogP contribution is -2.33. The molecule has 1 saturated carbocycles. The Bertz CT molecular complexity index is 392. The number of aliphatic hydroxyl groups is 1. The summed E-state index contributed by atoms with van der Waals surface area (Å²) < 4.78 is 29.7. The first-order valence-corrected chi connectivity index (χ1v) is 8.04. The Kier molecular flexibility index (Phi) is 6.32. The van der Waals surface area contributed by atoms with E-state index in [4.69, 9.17) is 9.52 Å². The molecular formula is C14H21F2NO2S. The standard InChI is InChI=1S/C14H21F2NO2S/c15-14(16)20-9-13-6-5-12(19-13)7-17-11-3-1-10(8-18)2-4-11/h5-6,10-11,14,17-18H,1-4,7-9H2. The van der Waals surface area contributed by atoms with E-state index in [1.54, 1.807) is 6.07 Å². The van der Waals surface area contributed by atoms with Gasteiger partial charge in [0.05, 0.1) is 12.3 Å². The van der Waals surface area contributed by atoms with Gasteiger partial charge in [-0.25, -0.2) is 0 Å². The molecule has 1 aliphatic rings. The molecule has 0 bridgehead atoms. The van der Waals surface area contributed by atoms with Crippen molar-refractivity contribution in [2.24, 2.45) is 5.92 Å². The van der Waals surface area contributed by atoms with Gasteiger partial charge in [-0.2, -0.15) is 8.78 Å². The third-order valence-electron chi connectivity index (χ3n) is 3.74. The summed E-state index contributed by atoms with van der Waals surface area (Å²) in [7, 11) is 0. The van der Waals surface area contributed by atoms with E-state index < -0.39 is 5.76 Å². The summed E-state index contributed by atoms with van der Waals surface area (Å²) in [6.45, 7) is 0.921. The van der Waals surface area contributed by atoms with Crippen LogP contribution >= 0.6 is 11.8 Å². The molecule has 6 heteroatoms. The van der Waals surface area contributed by atoms with Gasteiger partial charge in [0, 0.05) is 12.6 Å². The lowest BCUT2D eigenvalue weighted by Gasteiger charge is -2.27. The molecule has 1 fully saturated rings. The number of thioether (sulfide) groups is 1. The third kappa shape index (κ3) is 5.07. The summed E-state index contributed by atoms with van der Waals surface area (Å²) in [4.78, 5) is 0. The normalized spacial score (nSPS) is 23.4. The van der Waals surface area contributed by atoms with Crippen LogP contribution in [0.15, 0.2) is 16.5 Å². The Balaban J connectivity index is 1.69. The van der Waals surface area contributed by atoms with Gasteiger partial charge in [-0.05, 0) is 43.7 Å². The molecule has 2 N–H and O–H groups in total. The minimum absolute atomic E-state index is 0.208. The monoisotopic (exact) mass is 305 g/mol. The van der Waals surface area contributed by atoms with Gasteiger partial charge in [0.2, 0.25) is 0 Å². The summed E-state index contributed by atoms with van der Waals surface area (Å²) >= 11 is 0.575. The zero-order valence-corrected chi connectivity index (χ0v) is 12.2. The number of hydrogen-bond acceptors (Lipinski definition) is 4. The number of alkyl halides is 2. The highest BCUT2D eigenvalue weighted by atomic mass is 32.2. The third-order valence-corrected chi connectivity index (χ3v) is 4.44. The number of nitrogens with one attached hydrogen (secondary N) is 1. The van der Waals surface area contributed by atoms with Crippen LogP contribution in [0.3, 0.4) is 0 Å². The molecule has 0 radical (unpaired) electrons. The molecule has 1 aromatic heterocycles. The Labute approximate surface area is 122 Å². The molecule has 1 aromatic rings. The van der Waals surface area contributed by atoms with Crippen molar-refractivity contribution in [1.82, 2.24) is 5.32 Å². The van der Waals surface area contributed by atoms with Crippen LogP contribution in [0.25, 0.3) is 0 Å². The molecule has 0 amide bonds. The zero-order chi connectivity index (χ0) is 14.4. The minimum Gasteiger partial charge on any atom is -0.464 e. The maximum absolute atomic E-state index is 12.1. The van der Waals surface area contributed by atoms with Crippen molar-refractivity contribution in [3.63, 3.8) is 0 Å². The molecule has 0 saturated heterocycles. The van der Waals surface area contributed by atoms with Crippen LogP contribution in [0.4, 0.5) is 8.78 Å². The Morgan fingerprint density at radius 1 is 1.25 bits per heavy atom. The number of rotatable bonds is 7. The highest BCUT2D eigenvalue weighted by molar-refractivity contribution is 7.98. The van der Waals surface area contributed by atoms with Gasteiger partial charge in [0.1, 0.15) is 11.5 Å². The number of hydrogen-bond donors (Lipinski definition) is 2. The van der Waals surface area contributed by atoms with Crippen molar-refractivity contribution in [2.45, 2.75) is 49.8 Å². The Hall–Kier alpha value is -0.590. The SMILES string of the molecule is OCC1CCC(NCc2ccc(CSC(F)F)o2)CC1. The fraction of sp³-hybridized carbons (Fsp3) is 0.714. The summed E-state index contributed by atoms with van der Waals surface area (Å²) in [5, 5.41) is 12.5. The lowest BCUT2D eigenvalue weighted by molar-refractivity contribution is 0.174. The van der Waals surface area contributed by atoms with E-state index in [0.29, 0.717) is 36.0 Å². The fourth-order valence-electron chi connectivity index (χ4n) is 2.53. The van der Waals surface area contributed by atoms with Gasteiger partial charge >= 0.3 is 0 Å². The predicted octanol–water partition coefficient (Wildman–Crippen LogP) is 3.38. The van der Waals surface area contributed by atoms with Crippen molar-refractivity contribution in [3.05, 3.63) is 23.7 Å². The second kappa shape index (κ2) is 8.00. The summed E-state index contributed by atoms with van der Waals surface area (Å²) in [6.07, 6.45) is 4.26. The summed E-state index contributed by atoms with van der Waals surface area (Å²) in [5.74, 6) is -0.313. The Morgan fingerprint density at radius 2 is 1.95 bits per heavy atom. The van der Waals surface area contributed by atoms with E-state index in [2.05, 4.69) is 5.32 Å². The van der Waals surface area contributed by atoms with Crippen LogP contribution < -0.4 is 5.32 Å². The summed E-state index contributed by atoms with van der Waals surface area (Å²) in [6, 6.07) is 4.06. The second-order valence-corrected chi connectivity index (χ2v) is 6.20. The first-order valence-electron chi connectivity index (χ1n) is 6.99. The minimum atomic E-state index is -2.36. The van der Waals surface area contributed by atoms with Crippen molar-refractivity contribution >= 4 is 11.8 Å². The molecule has 0 aliphatic heterocycles. The molecule has 20 heavy (non-hydrogen) atoms. The van der Waals surface area contributed by atoms with E-state index in [1.807, 2.05) is 6.07 Å². The summed E-state index contributed by atoms with van der Waals surface area (Å²) in [5.41, 5.74) is 0. The van der Waals surface area contributed by atoms with Crippen molar-refractivity contribution < 1.29 is 18.3 Å². The fourth-order valence-corrected chi connectivity index (χ4v) is 2.98. The van der Waals surface area contributed by atoms with Crippen molar-refractivity contribution in [2.75, 3.05) is 6.61 Å². The van der Waals surface area contributed by atoms with Crippen molar-refractivity contribution in [1.29, 1.82) is 0 Å². The van der Waals surface area contributed by atoms with Crippen LogP contribution in [-0.4, -0.2) is 23.5 Å². The quantitative estimate of drug-likeness (QED) is 0.810. The van der Waals surface area contributed by atoms with E-state index in [-0.39, 0.29) is 12.4 Å². The van der Waals surface area contributed by atoms with Crippen LogP contribution in [-0.2, 0) is 12.3 Å². The van der Waals surface area contributed by atoms with Gasteiger partial charge in [0.15, 0.2) is 0 Å². The lowest BCUT2D eigenvalue weighted by atomic mass is 9.86. The number of aliphatic hydroxyl groups excluding tert-OH is 1. The van der Waals surface area contributed by atoms with Crippen molar-refractivity contribution in [3.8, 4) is 0 Å². The van der Waals surface area contributed by atoms with Crippen LogP contribution in [0.5, 0.6) is 0 Å². The molecule has 1 aliphatic carbocycles. The molecule has 0 unspecified atom stereocenters. The smallest absolute Gasteiger partial charge is 0.284 e. The number of halogens is 2.